The van der Waals surface area contributed by atoms with Crippen LogP contribution in [-0.4, -0.2) is 10.6 Å². The van der Waals surface area contributed by atoms with Gasteiger partial charge in [0, 0.05) is 4.90 Å². The molecule has 0 radical (unpaired) electrons. The van der Waals surface area contributed by atoms with Gasteiger partial charge in [-0.1, -0.05) is 18.2 Å². The Labute approximate surface area is 89.6 Å². The number of rotatable bonds is 3. The predicted octanol–water partition coefficient (Wildman–Crippen LogP) is 3.52. The van der Waals surface area contributed by atoms with Gasteiger partial charge in [0.25, 0.3) is 0 Å². The Balaban J connectivity index is 2.88. The molecular weight excluding hydrogens is 225 g/mol. The number of alkyl halides is 3. The molecule has 0 amide bonds. The highest BCUT2D eigenvalue weighted by atomic mass is 32.2. The first-order valence-electron chi connectivity index (χ1n) is 4.09. The summed E-state index contributed by atoms with van der Waals surface area (Å²) in [6.07, 6.45) is 0.330. The third kappa shape index (κ3) is 3.97. The molecule has 1 atom stereocenters. The van der Waals surface area contributed by atoms with Gasteiger partial charge in [0.05, 0.1) is 6.10 Å². The fourth-order valence-electron chi connectivity index (χ4n) is 1.03. The molecule has 1 aromatic rings. The summed E-state index contributed by atoms with van der Waals surface area (Å²) in [7, 11) is 0. The molecule has 5 heteroatoms. The Morgan fingerprint density at radius 2 is 2.07 bits per heavy atom. The second-order valence-corrected chi connectivity index (χ2v) is 3.94. The molecule has 1 unspecified atom stereocenters. The van der Waals surface area contributed by atoms with Gasteiger partial charge in [-0.25, -0.2) is 0 Å². The fraction of sp³-hybridized carbons (Fsp3) is 0.200. The molecule has 15 heavy (non-hydrogen) atoms. The van der Waals surface area contributed by atoms with E-state index in [1.807, 2.05) is 0 Å². The van der Waals surface area contributed by atoms with E-state index in [0.29, 0.717) is 5.56 Å². The second-order valence-electron chi connectivity index (χ2n) is 2.80. The van der Waals surface area contributed by atoms with Gasteiger partial charge in [0.1, 0.15) is 0 Å². The number of hydrogen-bond donors (Lipinski definition) is 1. The van der Waals surface area contributed by atoms with Gasteiger partial charge in [-0.15, -0.1) is 6.58 Å². The zero-order valence-corrected chi connectivity index (χ0v) is 8.48. The van der Waals surface area contributed by atoms with Crippen LogP contribution in [0.25, 0.3) is 0 Å². The first-order chi connectivity index (χ1) is 6.92. The topological polar surface area (TPSA) is 20.2 Å². The fourth-order valence-corrected chi connectivity index (χ4v) is 1.64. The summed E-state index contributed by atoms with van der Waals surface area (Å²) in [6, 6.07) is 5.66. The smallest absolute Gasteiger partial charge is 0.384 e. The van der Waals surface area contributed by atoms with Crippen LogP contribution in [0.2, 0.25) is 0 Å². The molecule has 1 rings (SSSR count). The molecule has 1 nitrogen and oxygen atoms in total. The zero-order valence-electron chi connectivity index (χ0n) is 7.66. The number of benzene rings is 1. The van der Waals surface area contributed by atoms with Crippen molar-refractivity contribution in [2.75, 3.05) is 0 Å². The quantitative estimate of drug-likeness (QED) is 0.638. The van der Waals surface area contributed by atoms with E-state index in [9.17, 15) is 18.3 Å². The molecule has 0 saturated carbocycles. The van der Waals surface area contributed by atoms with Gasteiger partial charge < -0.3 is 5.11 Å². The number of thioether (sulfide) groups is 1. The maximum absolute atomic E-state index is 12.0. The van der Waals surface area contributed by atoms with Crippen LogP contribution >= 0.6 is 11.8 Å². The van der Waals surface area contributed by atoms with Gasteiger partial charge in [-0.2, -0.15) is 13.2 Å². The Kier molecular flexibility index (Phi) is 3.82. The minimum Gasteiger partial charge on any atom is -0.384 e. The van der Waals surface area contributed by atoms with Crippen molar-refractivity contribution in [1.29, 1.82) is 0 Å². The standard InChI is InChI=1S/C10H9F3OS/c1-2-9(14)7-4-3-5-8(6-7)15-10(11,12)13/h2-6,9,14H,1H2. The summed E-state index contributed by atoms with van der Waals surface area (Å²) in [5, 5.41) is 9.34. The average molecular weight is 234 g/mol. The first-order valence-corrected chi connectivity index (χ1v) is 4.90. The van der Waals surface area contributed by atoms with Gasteiger partial charge in [-0.3, -0.25) is 0 Å². The van der Waals surface area contributed by atoms with Crippen molar-refractivity contribution in [3.05, 3.63) is 42.5 Å². The molecule has 0 aromatic heterocycles. The SMILES string of the molecule is C=CC(O)c1cccc(SC(F)(F)F)c1. The molecule has 0 spiro atoms. The van der Waals surface area contributed by atoms with Crippen LogP contribution in [0.15, 0.2) is 41.8 Å². The van der Waals surface area contributed by atoms with E-state index in [2.05, 4.69) is 6.58 Å². The third-order valence-electron chi connectivity index (χ3n) is 1.66. The monoisotopic (exact) mass is 234 g/mol. The highest BCUT2D eigenvalue weighted by molar-refractivity contribution is 8.00. The van der Waals surface area contributed by atoms with Crippen molar-refractivity contribution in [2.45, 2.75) is 16.5 Å². The van der Waals surface area contributed by atoms with E-state index in [1.165, 1.54) is 24.3 Å². The Morgan fingerprint density at radius 1 is 1.40 bits per heavy atom. The highest BCUT2D eigenvalue weighted by Crippen LogP contribution is 2.37. The van der Waals surface area contributed by atoms with Crippen molar-refractivity contribution in [3.8, 4) is 0 Å². The number of hydrogen-bond acceptors (Lipinski definition) is 2. The molecule has 0 aliphatic rings. The van der Waals surface area contributed by atoms with E-state index < -0.39 is 11.6 Å². The van der Waals surface area contributed by atoms with Crippen molar-refractivity contribution >= 4 is 11.8 Å². The lowest BCUT2D eigenvalue weighted by atomic mass is 10.1. The molecule has 0 aliphatic carbocycles. The average Bonchev–Trinajstić information content (AvgIpc) is 2.14. The lowest BCUT2D eigenvalue weighted by molar-refractivity contribution is -0.0328. The summed E-state index contributed by atoms with van der Waals surface area (Å²) in [5.74, 6) is 0. The minimum absolute atomic E-state index is 0.0564. The number of aliphatic hydroxyl groups excluding tert-OH is 1. The van der Waals surface area contributed by atoms with Crippen molar-refractivity contribution in [3.63, 3.8) is 0 Å². The molecule has 0 aliphatic heterocycles. The largest absolute Gasteiger partial charge is 0.446 e. The molecule has 0 bridgehead atoms. The predicted molar refractivity (Wildman–Crippen MR) is 53.5 cm³/mol. The van der Waals surface area contributed by atoms with Crippen molar-refractivity contribution in [2.24, 2.45) is 0 Å². The Morgan fingerprint density at radius 3 is 2.60 bits per heavy atom. The van der Waals surface area contributed by atoms with Crippen LogP contribution < -0.4 is 0 Å². The lowest BCUT2D eigenvalue weighted by Crippen LogP contribution is -2.00. The van der Waals surface area contributed by atoms with Gasteiger partial charge in [0.2, 0.25) is 0 Å². The summed E-state index contributed by atoms with van der Waals surface area (Å²) < 4.78 is 36.1. The van der Waals surface area contributed by atoms with Crippen LogP contribution in [0, 0.1) is 0 Å². The Hall–Kier alpha value is -0.940. The molecule has 0 heterocycles. The summed E-state index contributed by atoms with van der Waals surface area (Å²) in [4.78, 5) is 0.0564. The van der Waals surface area contributed by atoms with Crippen LogP contribution in [0.5, 0.6) is 0 Å². The zero-order chi connectivity index (χ0) is 11.5. The summed E-state index contributed by atoms with van der Waals surface area (Å²) in [6.45, 7) is 3.36. The first kappa shape index (κ1) is 12.1. The van der Waals surface area contributed by atoms with E-state index >= 15 is 0 Å². The van der Waals surface area contributed by atoms with Crippen LogP contribution in [-0.2, 0) is 0 Å². The van der Waals surface area contributed by atoms with Crippen LogP contribution in [0.3, 0.4) is 0 Å². The summed E-state index contributed by atoms with van der Waals surface area (Å²) >= 11 is -0.203. The lowest BCUT2D eigenvalue weighted by Gasteiger charge is -2.09. The van der Waals surface area contributed by atoms with Gasteiger partial charge in [0.15, 0.2) is 0 Å². The molecule has 0 fully saturated rings. The van der Waals surface area contributed by atoms with Gasteiger partial charge >= 0.3 is 5.51 Å². The minimum atomic E-state index is -4.31. The summed E-state index contributed by atoms with van der Waals surface area (Å²) in [5.41, 5.74) is -3.91. The maximum atomic E-state index is 12.0. The van der Waals surface area contributed by atoms with Crippen molar-refractivity contribution < 1.29 is 18.3 Å². The number of aliphatic hydroxyl groups is 1. The van der Waals surface area contributed by atoms with E-state index in [1.54, 1.807) is 6.07 Å². The Bertz CT molecular complexity index is 349. The third-order valence-corrected chi connectivity index (χ3v) is 2.38. The van der Waals surface area contributed by atoms with Crippen LogP contribution in [0.4, 0.5) is 13.2 Å². The van der Waals surface area contributed by atoms with E-state index in [0.717, 1.165) is 0 Å². The maximum Gasteiger partial charge on any atom is 0.446 e. The van der Waals surface area contributed by atoms with Crippen LogP contribution in [0.1, 0.15) is 11.7 Å². The van der Waals surface area contributed by atoms with E-state index in [4.69, 9.17) is 0 Å². The molecule has 1 N–H and O–H groups in total. The highest BCUT2D eigenvalue weighted by Gasteiger charge is 2.29. The van der Waals surface area contributed by atoms with Crippen molar-refractivity contribution in [1.82, 2.24) is 0 Å². The second kappa shape index (κ2) is 4.72. The molecule has 1 aromatic carbocycles. The van der Waals surface area contributed by atoms with E-state index in [-0.39, 0.29) is 16.7 Å². The molecule has 0 saturated heterocycles. The molecular formula is C10H9F3OS. The normalized spacial score (nSPS) is 13.6. The number of halogens is 3. The van der Waals surface area contributed by atoms with Gasteiger partial charge in [-0.05, 0) is 29.5 Å². The molecule has 82 valence electrons.